The minimum Gasteiger partial charge on any atom is -0.368 e. The second kappa shape index (κ2) is 5.15. The fourth-order valence-electron chi connectivity index (χ4n) is 2.28. The van der Waals surface area contributed by atoms with E-state index in [0.29, 0.717) is 11.6 Å². The molecular formula is C13H18N4. The Morgan fingerprint density at radius 3 is 3.06 bits per heavy atom. The predicted octanol–water partition coefficient (Wildman–Crippen LogP) is 1.77. The standard InChI is InChI=1S/C13H18N4/c1-10-6-11(8-14)7-13(16-10)15-9-12-4-3-5-17(12)2/h6-7,12H,3-5,9H2,1-2H3,(H,15,16). The molecular weight excluding hydrogens is 212 g/mol. The zero-order valence-corrected chi connectivity index (χ0v) is 10.4. The SMILES string of the molecule is Cc1cc(C#N)cc(NCC2CCCN2C)n1. The summed E-state index contributed by atoms with van der Waals surface area (Å²) in [5.74, 6) is 0.807. The van der Waals surface area contributed by atoms with Crippen LogP contribution in [0.4, 0.5) is 5.82 Å². The summed E-state index contributed by atoms with van der Waals surface area (Å²) < 4.78 is 0. The monoisotopic (exact) mass is 230 g/mol. The lowest BCUT2D eigenvalue weighted by Gasteiger charge is -2.20. The van der Waals surface area contributed by atoms with E-state index in [2.05, 4.69) is 28.3 Å². The van der Waals surface area contributed by atoms with Gasteiger partial charge in [0.25, 0.3) is 0 Å². The fraction of sp³-hybridized carbons (Fsp3) is 0.538. The van der Waals surface area contributed by atoms with Crippen LogP contribution in [0.5, 0.6) is 0 Å². The van der Waals surface area contributed by atoms with Crippen LogP contribution in [0.25, 0.3) is 0 Å². The van der Waals surface area contributed by atoms with Gasteiger partial charge in [0.15, 0.2) is 0 Å². The van der Waals surface area contributed by atoms with Crippen molar-refractivity contribution in [1.29, 1.82) is 5.26 Å². The van der Waals surface area contributed by atoms with Gasteiger partial charge in [-0.3, -0.25) is 0 Å². The molecule has 1 aromatic heterocycles. The number of anilines is 1. The largest absolute Gasteiger partial charge is 0.368 e. The smallest absolute Gasteiger partial charge is 0.127 e. The van der Waals surface area contributed by atoms with Crippen molar-refractivity contribution in [3.05, 3.63) is 23.4 Å². The highest BCUT2D eigenvalue weighted by atomic mass is 15.2. The number of hydrogen-bond acceptors (Lipinski definition) is 4. The predicted molar refractivity (Wildman–Crippen MR) is 67.8 cm³/mol. The van der Waals surface area contributed by atoms with Crippen LogP contribution in [0.3, 0.4) is 0 Å². The molecule has 1 unspecified atom stereocenters. The molecule has 1 fully saturated rings. The Balaban J connectivity index is 1.99. The van der Waals surface area contributed by atoms with Crippen LogP contribution in [-0.2, 0) is 0 Å². The first-order valence-electron chi connectivity index (χ1n) is 6.02. The van der Waals surface area contributed by atoms with Crippen molar-refractivity contribution in [2.24, 2.45) is 0 Å². The molecule has 1 saturated heterocycles. The first-order chi connectivity index (χ1) is 8.19. The van der Waals surface area contributed by atoms with E-state index in [1.807, 2.05) is 13.0 Å². The third-order valence-electron chi connectivity index (χ3n) is 3.27. The molecule has 0 saturated carbocycles. The van der Waals surface area contributed by atoms with Gasteiger partial charge < -0.3 is 10.2 Å². The van der Waals surface area contributed by atoms with E-state index < -0.39 is 0 Å². The van der Waals surface area contributed by atoms with E-state index in [-0.39, 0.29) is 0 Å². The summed E-state index contributed by atoms with van der Waals surface area (Å²) in [5.41, 5.74) is 1.55. The molecule has 1 N–H and O–H groups in total. The molecule has 0 aromatic carbocycles. The number of rotatable bonds is 3. The molecule has 0 spiro atoms. The Morgan fingerprint density at radius 2 is 2.41 bits per heavy atom. The summed E-state index contributed by atoms with van der Waals surface area (Å²) in [6, 6.07) is 6.35. The Labute approximate surface area is 102 Å². The first kappa shape index (κ1) is 11.9. The number of likely N-dealkylation sites (tertiary alicyclic amines) is 1. The third kappa shape index (κ3) is 2.95. The lowest BCUT2D eigenvalue weighted by atomic mass is 10.2. The van der Waals surface area contributed by atoms with Crippen molar-refractivity contribution in [3.8, 4) is 6.07 Å². The molecule has 0 aliphatic carbocycles. The molecule has 1 aliphatic rings. The molecule has 1 aromatic rings. The second-order valence-electron chi connectivity index (χ2n) is 4.65. The molecule has 0 bridgehead atoms. The Kier molecular flexibility index (Phi) is 3.60. The summed E-state index contributed by atoms with van der Waals surface area (Å²) >= 11 is 0. The van der Waals surface area contributed by atoms with Gasteiger partial charge in [-0.05, 0) is 45.5 Å². The number of nitriles is 1. The van der Waals surface area contributed by atoms with Crippen molar-refractivity contribution in [2.75, 3.05) is 25.5 Å². The van der Waals surface area contributed by atoms with Crippen LogP contribution in [0, 0.1) is 18.3 Å². The van der Waals surface area contributed by atoms with E-state index in [1.54, 1.807) is 6.07 Å². The highest BCUT2D eigenvalue weighted by Gasteiger charge is 2.20. The fourth-order valence-corrected chi connectivity index (χ4v) is 2.28. The highest BCUT2D eigenvalue weighted by Crippen LogP contribution is 2.16. The van der Waals surface area contributed by atoms with Gasteiger partial charge in [-0.1, -0.05) is 0 Å². The Morgan fingerprint density at radius 1 is 1.59 bits per heavy atom. The van der Waals surface area contributed by atoms with Crippen LogP contribution in [0.2, 0.25) is 0 Å². The summed E-state index contributed by atoms with van der Waals surface area (Å²) in [6.07, 6.45) is 2.51. The number of aromatic nitrogens is 1. The molecule has 17 heavy (non-hydrogen) atoms. The molecule has 1 aliphatic heterocycles. The molecule has 0 radical (unpaired) electrons. The first-order valence-corrected chi connectivity index (χ1v) is 6.02. The van der Waals surface area contributed by atoms with Gasteiger partial charge in [-0.25, -0.2) is 4.98 Å². The van der Waals surface area contributed by atoms with Gasteiger partial charge in [0.05, 0.1) is 11.6 Å². The lowest BCUT2D eigenvalue weighted by Crippen LogP contribution is -2.31. The number of likely N-dealkylation sites (N-methyl/N-ethyl adjacent to an activating group) is 1. The normalized spacial score (nSPS) is 20.2. The zero-order chi connectivity index (χ0) is 12.3. The van der Waals surface area contributed by atoms with Gasteiger partial charge in [0, 0.05) is 18.3 Å². The number of pyridine rings is 1. The summed E-state index contributed by atoms with van der Waals surface area (Å²) in [7, 11) is 2.16. The maximum Gasteiger partial charge on any atom is 0.127 e. The van der Waals surface area contributed by atoms with E-state index in [1.165, 1.54) is 19.4 Å². The summed E-state index contributed by atoms with van der Waals surface area (Å²) in [6.45, 7) is 3.99. The number of aryl methyl sites for hydroxylation is 1. The highest BCUT2D eigenvalue weighted by molar-refractivity contribution is 5.44. The molecule has 4 nitrogen and oxygen atoms in total. The Hall–Kier alpha value is -1.60. The topological polar surface area (TPSA) is 52.0 Å². The zero-order valence-electron chi connectivity index (χ0n) is 10.4. The molecule has 2 rings (SSSR count). The number of hydrogen-bond donors (Lipinski definition) is 1. The third-order valence-corrected chi connectivity index (χ3v) is 3.27. The van der Waals surface area contributed by atoms with Gasteiger partial charge >= 0.3 is 0 Å². The van der Waals surface area contributed by atoms with E-state index in [0.717, 1.165) is 18.1 Å². The van der Waals surface area contributed by atoms with E-state index >= 15 is 0 Å². The molecule has 0 amide bonds. The van der Waals surface area contributed by atoms with Gasteiger partial charge in [-0.15, -0.1) is 0 Å². The van der Waals surface area contributed by atoms with E-state index in [4.69, 9.17) is 5.26 Å². The molecule has 1 atom stereocenters. The maximum absolute atomic E-state index is 8.89. The van der Waals surface area contributed by atoms with Gasteiger partial charge in [0.1, 0.15) is 5.82 Å². The second-order valence-corrected chi connectivity index (χ2v) is 4.65. The van der Waals surface area contributed by atoms with Gasteiger partial charge in [0.2, 0.25) is 0 Å². The van der Waals surface area contributed by atoms with Crippen LogP contribution in [0.1, 0.15) is 24.1 Å². The summed E-state index contributed by atoms with van der Waals surface area (Å²) in [5, 5.41) is 12.2. The van der Waals surface area contributed by atoms with Crippen LogP contribution >= 0.6 is 0 Å². The Bertz CT molecular complexity index is 436. The maximum atomic E-state index is 8.89. The van der Waals surface area contributed by atoms with Crippen molar-refractivity contribution in [2.45, 2.75) is 25.8 Å². The minimum atomic E-state index is 0.586. The van der Waals surface area contributed by atoms with Crippen molar-refractivity contribution < 1.29 is 0 Å². The average molecular weight is 230 g/mol. The number of nitrogens with one attached hydrogen (secondary N) is 1. The van der Waals surface area contributed by atoms with E-state index in [9.17, 15) is 0 Å². The van der Waals surface area contributed by atoms with Crippen LogP contribution < -0.4 is 5.32 Å². The van der Waals surface area contributed by atoms with Crippen LogP contribution in [0.15, 0.2) is 12.1 Å². The molecule has 90 valence electrons. The lowest BCUT2D eigenvalue weighted by molar-refractivity contribution is 0.322. The summed E-state index contributed by atoms with van der Waals surface area (Å²) in [4.78, 5) is 6.76. The molecule has 4 heteroatoms. The van der Waals surface area contributed by atoms with Gasteiger partial charge in [-0.2, -0.15) is 5.26 Å². The minimum absolute atomic E-state index is 0.586. The van der Waals surface area contributed by atoms with Crippen molar-refractivity contribution in [1.82, 2.24) is 9.88 Å². The van der Waals surface area contributed by atoms with Crippen LogP contribution in [-0.4, -0.2) is 36.1 Å². The van der Waals surface area contributed by atoms with Crippen molar-refractivity contribution in [3.63, 3.8) is 0 Å². The van der Waals surface area contributed by atoms with Crippen molar-refractivity contribution >= 4 is 5.82 Å². The molecule has 2 heterocycles. The quantitative estimate of drug-likeness (QED) is 0.859. The average Bonchev–Trinajstić information content (AvgIpc) is 2.71. The number of nitrogens with zero attached hydrogens (tertiary/aromatic N) is 3.